The molecule has 0 aliphatic heterocycles. The fourth-order valence-electron chi connectivity index (χ4n) is 1.41. The molecule has 4 nitrogen and oxygen atoms in total. The Balaban J connectivity index is 2.11. The van der Waals surface area contributed by atoms with E-state index in [2.05, 4.69) is 22.2 Å². The maximum Gasteiger partial charge on any atom is 0.224 e. The Kier molecular flexibility index (Phi) is 4.52. The number of nitrogens with zero attached hydrogens (tertiary/aromatic N) is 2. The van der Waals surface area contributed by atoms with Crippen LogP contribution in [0.3, 0.4) is 0 Å². The summed E-state index contributed by atoms with van der Waals surface area (Å²) in [6.45, 7) is 2.88. The van der Waals surface area contributed by atoms with Crippen LogP contribution in [0.5, 0.6) is 11.6 Å². The van der Waals surface area contributed by atoms with E-state index in [1.165, 1.54) is 24.5 Å². The number of halogens is 2. The fourth-order valence-corrected chi connectivity index (χ4v) is 1.58. The predicted octanol–water partition coefficient (Wildman–Crippen LogP) is 3.88. The fraction of sp³-hybridized carbons (Fsp3) is 0.231. The molecule has 0 aliphatic rings. The zero-order valence-corrected chi connectivity index (χ0v) is 11.1. The lowest BCUT2D eigenvalue weighted by atomic mass is 10.3. The average molecular weight is 282 g/mol. The zero-order valence-electron chi connectivity index (χ0n) is 10.4. The average Bonchev–Trinajstić information content (AvgIpc) is 2.41. The molecule has 2 aromatic rings. The second kappa shape index (κ2) is 6.33. The molecule has 1 aromatic carbocycles. The summed E-state index contributed by atoms with van der Waals surface area (Å²) in [6.07, 6.45) is 2.40. The topological polar surface area (TPSA) is 47.0 Å². The third-order valence-electron chi connectivity index (χ3n) is 2.31. The molecule has 0 saturated carbocycles. The van der Waals surface area contributed by atoms with Crippen LogP contribution < -0.4 is 10.1 Å². The van der Waals surface area contributed by atoms with Gasteiger partial charge < -0.3 is 10.1 Å². The summed E-state index contributed by atoms with van der Waals surface area (Å²) in [6, 6.07) is 5.81. The molecule has 19 heavy (non-hydrogen) atoms. The summed E-state index contributed by atoms with van der Waals surface area (Å²) in [5.41, 5.74) is 0. The zero-order chi connectivity index (χ0) is 13.7. The molecule has 0 saturated heterocycles. The van der Waals surface area contributed by atoms with E-state index in [4.69, 9.17) is 16.3 Å². The minimum absolute atomic E-state index is 0.0101. The molecular weight excluding hydrogens is 269 g/mol. The molecular formula is C13H13ClFN3O. The van der Waals surface area contributed by atoms with E-state index in [0.29, 0.717) is 17.4 Å². The van der Waals surface area contributed by atoms with E-state index in [1.54, 1.807) is 6.07 Å². The maximum atomic E-state index is 13.0. The quantitative estimate of drug-likeness (QED) is 0.903. The van der Waals surface area contributed by atoms with Gasteiger partial charge in [0.15, 0.2) is 0 Å². The molecule has 6 heteroatoms. The number of ether oxygens (including phenoxy) is 1. The Morgan fingerprint density at radius 1 is 1.32 bits per heavy atom. The largest absolute Gasteiger partial charge is 0.439 e. The summed E-state index contributed by atoms with van der Waals surface area (Å²) in [5, 5.41) is 3.13. The smallest absolute Gasteiger partial charge is 0.224 e. The molecule has 100 valence electrons. The number of hydrogen-bond acceptors (Lipinski definition) is 4. The molecule has 2 rings (SSSR count). The van der Waals surface area contributed by atoms with Crippen molar-refractivity contribution in [3.63, 3.8) is 0 Å². The highest BCUT2D eigenvalue weighted by atomic mass is 35.5. The van der Waals surface area contributed by atoms with Crippen molar-refractivity contribution in [1.29, 1.82) is 0 Å². The number of aromatic nitrogens is 2. The van der Waals surface area contributed by atoms with Gasteiger partial charge in [0, 0.05) is 18.7 Å². The van der Waals surface area contributed by atoms with Crippen molar-refractivity contribution in [1.82, 2.24) is 9.97 Å². The second-order valence-corrected chi connectivity index (χ2v) is 4.25. The van der Waals surface area contributed by atoms with Crippen molar-refractivity contribution in [3.05, 3.63) is 41.4 Å². The first kappa shape index (κ1) is 13.5. The Bertz CT molecular complexity index is 565. The Morgan fingerprint density at radius 2 is 2.16 bits per heavy atom. The maximum absolute atomic E-state index is 13.0. The summed E-state index contributed by atoms with van der Waals surface area (Å²) >= 11 is 5.68. The molecule has 0 atom stereocenters. The van der Waals surface area contributed by atoms with Crippen LogP contribution in [-0.2, 0) is 0 Å². The summed E-state index contributed by atoms with van der Waals surface area (Å²) in [5.74, 6) is 0.991. The summed E-state index contributed by atoms with van der Waals surface area (Å²) < 4.78 is 18.5. The molecule has 0 spiro atoms. The minimum Gasteiger partial charge on any atom is -0.439 e. The molecule has 0 bridgehead atoms. The van der Waals surface area contributed by atoms with Crippen molar-refractivity contribution >= 4 is 17.4 Å². The first-order valence-electron chi connectivity index (χ1n) is 5.88. The molecule has 0 amide bonds. The van der Waals surface area contributed by atoms with Gasteiger partial charge in [0.25, 0.3) is 0 Å². The van der Waals surface area contributed by atoms with Crippen LogP contribution in [0.1, 0.15) is 13.3 Å². The first-order valence-corrected chi connectivity index (χ1v) is 6.25. The van der Waals surface area contributed by atoms with Gasteiger partial charge in [0.1, 0.15) is 23.7 Å². The monoisotopic (exact) mass is 281 g/mol. The van der Waals surface area contributed by atoms with Crippen LogP contribution in [0.2, 0.25) is 5.02 Å². The van der Waals surface area contributed by atoms with Crippen molar-refractivity contribution in [2.45, 2.75) is 13.3 Å². The standard InChI is InChI=1S/C13H13ClFN3O/c1-2-5-16-12-7-13(18-8-17-12)19-9-3-4-11(15)10(14)6-9/h3-4,6-8H,2,5H2,1H3,(H,16,17,18). The van der Waals surface area contributed by atoms with E-state index in [9.17, 15) is 4.39 Å². The van der Waals surface area contributed by atoms with Gasteiger partial charge in [-0.25, -0.2) is 14.4 Å². The lowest BCUT2D eigenvalue weighted by molar-refractivity contribution is 0.460. The van der Waals surface area contributed by atoms with Crippen molar-refractivity contribution in [3.8, 4) is 11.6 Å². The van der Waals surface area contributed by atoms with Crippen LogP contribution >= 0.6 is 11.6 Å². The Labute approximate surface area is 115 Å². The van der Waals surface area contributed by atoms with Crippen molar-refractivity contribution in [2.24, 2.45) is 0 Å². The predicted molar refractivity (Wildman–Crippen MR) is 72.3 cm³/mol. The molecule has 0 radical (unpaired) electrons. The third kappa shape index (κ3) is 3.79. The summed E-state index contributed by atoms with van der Waals surface area (Å²) in [4.78, 5) is 8.05. The van der Waals surface area contributed by atoms with E-state index in [-0.39, 0.29) is 5.02 Å². The molecule has 0 fully saturated rings. The van der Waals surface area contributed by atoms with Crippen LogP contribution in [0.25, 0.3) is 0 Å². The van der Waals surface area contributed by atoms with Gasteiger partial charge in [-0.2, -0.15) is 0 Å². The van der Waals surface area contributed by atoms with Crippen molar-refractivity contribution in [2.75, 3.05) is 11.9 Å². The lowest BCUT2D eigenvalue weighted by Crippen LogP contribution is -2.02. The Morgan fingerprint density at radius 3 is 2.89 bits per heavy atom. The third-order valence-corrected chi connectivity index (χ3v) is 2.60. The highest BCUT2D eigenvalue weighted by Gasteiger charge is 2.04. The highest BCUT2D eigenvalue weighted by molar-refractivity contribution is 6.30. The lowest BCUT2D eigenvalue weighted by Gasteiger charge is -2.07. The molecule has 1 aromatic heterocycles. The van der Waals surface area contributed by atoms with Gasteiger partial charge in [-0.05, 0) is 18.6 Å². The number of benzene rings is 1. The van der Waals surface area contributed by atoms with E-state index >= 15 is 0 Å². The van der Waals surface area contributed by atoms with Gasteiger partial charge in [-0.3, -0.25) is 0 Å². The van der Waals surface area contributed by atoms with Gasteiger partial charge in [0.2, 0.25) is 5.88 Å². The normalized spacial score (nSPS) is 10.3. The highest BCUT2D eigenvalue weighted by Crippen LogP contribution is 2.25. The van der Waals surface area contributed by atoms with Crippen LogP contribution in [-0.4, -0.2) is 16.5 Å². The molecule has 1 heterocycles. The number of anilines is 1. The van der Waals surface area contributed by atoms with E-state index in [0.717, 1.165) is 13.0 Å². The number of nitrogens with one attached hydrogen (secondary N) is 1. The van der Waals surface area contributed by atoms with Crippen LogP contribution in [0.4, 0.5) is 10.2 Å². The van der Waals surface area contributed by atoms with E-state index in [1.807, 2.05) is 0 Å². The second-order valence-electron chi connectivity index (χ2n) is 3.85. The number of rotatable bonds is 5. The molecule has 0 unspecified atom stereocenters. The first-order chi connectivity index (χ1) is 9.19. The van der Waals surface area contributed by atoms with Crippen LogP contribution in [0.15, 0.2) is 30.6 Å². The number of hydrogen-bond donors (Lipinski definition) is 1. The molecule has 1 N–H and O–H groups in total. The van der Waals surface area contributed by atoms with Gasteiger partial charge >= 0.3 is 0 Å². The SMILES string of the molecule is CCCNc1cc(Oc2ccc(F)c(Cl)c2)ncn1. The molecule has 0 aliphatic carbocycles. The van der Waals surface area contributed by atoms with E-state index < -0.39 is 5.82 Å². The van der Waals surface area contributed by atoms with Gasteiger partial charge in [-0.15, -0.1) is 0 Å². The minimum atomic E-state index is -0.484. The summed E-state index contributed by atoms with van der Waals surface area (Å²) in [7, 11) is 0. The van der Waals surface area contributed by atoms with Gasteiger partial charge in [0.05, 0.1) is 5.02 Å². The van der Waals surface area contributed by atoms with Crippen LogP contribution in [0, 0.1) is 5.82 Å². The Hall–Kier alpha value is -1.88. The van der Waals surface area contributed by atoms with Gasteiger partial charge in [-0.1, -0.05) is 18.5 Å². The van der Waals surface area contributed by atoms with Crippen molar-refractivity contribution < 1.29 is 9.13 Å².